The number of benzene rings is 4. The maximum Gasteiger partial charge on any atom is -1.00 e. The molecule has 3 fully saturated rings. The van der Waals surface area contributed by atoms with Crippen molar-refractivity contribution in [3.63, 3.8) is 0 Å². The number of halogens is 2. The summed E-state index contributed by atoms with van der Waals surface area (Å²) in [5, 5.41) is 0. The Morgan fingerprint density at radius 3 is 1.19 bits per heavy atom. The second-order valence-corrected chi connectivity index (χ2v) is 24.6. The monoisotopic (exact) mass is 762 g/mol. The Balaban J connectivity index is 0.00000210. The minimum Gasteiger partial charge on any atom is -1.00 e. The molecule has 2 atom stereocenters. The maximum atomic E-state index is 2.79. The molecule has 0 amide bonds. The van der Waals surface area contributed by atoms with Crippen LogP contribution in [0.25, 0.3) is 34.4 Å². The maximum absolute atomic E-state index is 2.79. The third kappa shape index (κ3) is 6.37. The first kappa shape index (κ1) is 37.9. The van der Waals surface area contributed by atoms with Gasteiger partial charge in [0.05, 0.1) is 0 Å². The second-order valence-electron chi connectivity index (χ2n) is 17.4. The van der Waals surface area contributed by atoms with Gasteiger partial charge in [-0.15, -0.1) is 0 Å². The minimum absolute atomic E-state index is 0. The van der Waals surface area contributed by atoms with E-state index in [9.17, 15) is 0 Å². The molecule has 2 unspecified atom stereocenters. The van der Waals surface area contributed by atoms with E-state index in [0.717, 1.165) is 11.8 Å². The van der Waals surface area contributed by atoms with Crippen LogP contribution in [0.1, 0.15) is 139 Å². The van der Waals surface area contributed by atoms with Gasteiger partial charge in [-0.3, -0.25) is 0 Å². The van der Waals surface area contributed by atoms with E-state index in [-0.39, 0.29) is 24.8 Å². The van der Waals surface area contributed by atoms with Crippen molar-refractivity contribution in [2.45, 2.75) is 115 Å². The summed E-state index contributed by atoms with van der Waals surface area (Å²) >= 11 is -2.62. The summed E-state index contributed by atoms with van der Waals surface area (Å²) in [5.41, 5.74) is 19.0. The van der Waals surface area contributed by atoms with E-state index in [1.165, 1.54) is 101 Å². The standard InChI is InChI=1S/2C23H25.C3H6.2ClH.Ti/c2*1-16(2)17-10-12-19(13-11-17)22-9-5-8-20-14-21(15-23(20)22)18-6-3-4-7-18;1-3-2;;;/h2*5,8-16,18H,3-4,6-7H2,1-2H3;1-3H2;2*1H;/q;;;;;+2/p-2. The normalized spacial score (nSPS) is 21.4. The molecule has 0 spiro atoms. The van der Waals surface area contributed by atoms with Crippen LogP contribution in [0.4, 0.5) is 0 Å². The summed E-state index contributed by atoms with van der Waals surface area (Å²) in [6.45, 7) is 9.23. The van der Waals surface area contributed by atoms with Crippen LogP contribution in [0.15, 0.2) is 96.1 Å². The molecule has 4 aliphatic carbocycles. The molecule has 0 nitrogen and oxygen atoms in total. The Labute approximate surface area is 330 Å². The van der Waals surface area contributed by atoms with Crippen molar-refractivity contribution < 1.29 is 41.4 Å². The smallest absolute Gasteiger partial charge is 1.00 e. The molecule has 0 radical (unpaired) electrons. The van der Waals surface area contributed by atoms with E-state index in [1.54, 1.807) is 22.3 Å². The summed E-state index contributed by atoms with van der Waals surface area (Å²) in [7, 11) is 0. The van der Waals surface area contributed by atoms with Crippen LogP contribution in [0.5, 0.6) is 0 Å². The predicted octanol–water partition coefficient (Wildman–Crippen LogP) is 8.63. The third-order valence-corrected chi connectivity index (χ3v) is 23.7. The van der Waals surface area contributed by atoms with Crippen LogP contribution < -0.4 is 24.8 Å². The van der Waals surface area contributed by atoms with Crippen LogP contribution in [0.2, 0.25) is 9.45 Å². The van der Waals surface area contributed by atoms with E-state index in [1.807, 2.05) is 11.1 Å². The minimum atomic E-state index is -2.62. The first-order valence-electron chi connectivity index (χ1n) is 20.3. The quantitative estimate of drug-likeness (QED) is 0.158. The average molecular weight is 764 g/mol. The van der Waals surface area contributed by atoms with Crippen molar-refractivity contribution in [3.8, 4) is 22.3 Å². The van der Waals surface area contributed by atoms with Crippen molar-refractivity contribution in [2.24, 2.45) is 11.8 Å². The van der Waals surface area contributed by atoms with Gasteiger partial charge in [0.15, 0.2) is 0 Å². The number of allylic oxidation sites excluding steroid dienone is 2. The van der Waals surface area contributed by atoms with Crippen LogP contribution in [0.3, 0.4) is 0 Å². The van der Waals surface area contributed by atoms with Gasteiger partial charge in [-0.25, -0.2) is 0 Å². The fourth-order valence-corrected chi connectivity index (χ4v) is 21.2. The third-order valence-electron chi connectivity index (χ3n) is 14.1. The van der Waals surface area contributed by atoms with Crippen LogP contribution in [-0.4, -0.2) is 0 Å². The molecule has 0 bridgehead atoms. The molecule has 5 aliphatic rings. The fourth-order valence-electron chi connectivity index (χ4n) is 11.3. The first-order chi connectivity index (χ1) is 24.4. The van der Waals surface area contributed by atoms with E-state index < -0.39 is 16.6 Å². The Morgan fingerprint density at radius 1 is 0.481 bits per heavy atom. The SMILES string of the molecule is CC(C)c1ccc(-c2cccc3c2C=C(C2CCCC2)[CH]3[Ti+2]2([CH]3C(C4CCCC4)=Cc4c(-c5ccc(C(C)C)cc5)cccc43)[CH2]C[CH2]2)cc1.[Cl-].[Cl-]. The van der Waals surface area contributed by atoms with Gasteiger partial charge in [0.2, 0.25) is 0 Å². The molecule has 3 heteroatoms. The number of hydrogen-bond donors (Lipinski definition) is 0. The van der Waals surface area contributed by atoms with Gasteiger partial charge in [-0.1, -0.05) is 0 Å². The Hall–Kier alpha value is -2.35. The topological polar surface area (TPSA) is 0 Å². The molecule has 52 heavy (non-hydrogen) atoms. The summed E-state index contributed by atoms with van der Waals surface area (Å²) in [6.07, 6.45) is 18.3. The zero-order chi connectivity index (χ0) is 34.0. The molecule has 2 saturated carbocycles. The molecule has 1 saturated heterocycles. The zero-order valence-electron chi connectivity index (χ0n) is 31.7. The van der Waals surface area contributed by atoms with E-state index in [0.29, 0.717) is 20.3 Å². The summed E-state index contributed by atoms with van der Waals surface area (Å²) < 4.78 is 4.46. The van der Waals surface area contributed by atoms with Gasteiger partial charge < -0.3 is 24.8 Å². The molecule has 1 aliphatic heterocycles. The molecular formula is C49H56Cl2Ti. The van der Waals surface area contributed by atoms with Gasteiger partial charge in [0, 0.05) is 0 Å². The molecule has 9 rings (SSSR count). The van der Waals surface area contributed by atoms with Gasteiger partial charge in [-0.05, 0) is 0 Å². The van der Waals surface area contributed by atoms with Crippen molar-refractivity contribution in [1.29, 1.82) is 0 Å². The Bertz CT molecular complexity index is 1810. The van der Waals surface area contributed by atoms with Crippen LogP contribution in [0, 0.1) is 11.8 Å². The first-order valence-corrected chi connectivity index (χ1v) is 24.3. The number of fused-ring (bicyclic) bond motifs is 2. The zero-order valence-corrected chi connectivity index (χ0v) is 34.8. The molecule has 4 aromatic rings. The van der Waals surface area contributed by atoms with E-state index in [4.69, 9.17) is 0 Å². The van der Waals surface area contributed by atoms with Crippen LogP contribution in [-0.2, 0) is 16.6 Å². The predicted molar refractivity (Wildman–Crippen MR) is 212 cm³/mol. The van der Waals surface area contributed by atoms with Gasteiger partial charge in [0.1, 0.15) is 0 Å². The van der Waals surface area contributed by atoms with Crippen molar-refractivity contribution in [2.75, 3.05) is 0 Å². The number of hydrogen-bond acceptors (Lipinski definition) is 0. The molecule has 1 heterocycles. The molecule has 4 aromatic carbocycles. The Kier molecular flexibility index (Phi) is 11.3. The summed E-state index contributed by atoms with van der Waals surface area (Å²) in [6, 6.07) is 34.0. The molecule has 0 N–H and O–H groups in total. The summed E-state index contributed by atoms with van der Waals surface area (Å²) in [4.78, 5) is 0. The van der Waals surface area contributed by atoms with E-state index >= 15 is 0 Å². The fraction of sp³-hybridized carbons (Fsp3) is 0.429. The van der Waals surface area contributed by atoms with Gasteiger partial charge in [-0.2, -0.15) is 0 Å². The van der Waals surface area contributed by atoms with Crippen molar-refractivity contribution >= 4 is 12.2 Å². The number of rotatable bonds is 8. The van der Waals surface area contributed by atoms with E-state index in [2.05, 4.69) is 125 Å². The largest absolute Gasteiger partial charge is 1.00 e. The molecule has 270 valence electrons. The average Bonchev–Trinajstić information content (AvgIpc) is 3.95. The Morgan fingerprint density at radius 2 is 0.865 bits per heavy atom. The molecular weight excluding hydrogens is 707 g/mol. The second kappa shape index (κ2) is 15.4. The van der Waals surface area contributed by atoms with Gasteiger partial charge in [0.25, 0.3) is 0 Å². The van der Waals surface area contributed by atoms with Crippen molar-refractivity contribution in [1.82, 2.24) is 0 Å². The van der Waals surface area contributed by atoms with Gasteiger partial charge >= 0.3 is 308 Å². The summed E-state index contributed by atoms with van der Waals surface area (Å²) in [5.74, 6) is 2.67. The van der Waals surface area contributed by atoms with Crippen LogP contribution >= 0.6 is 0 Å². The van der Waals surface area contributed by atoms with Crippen molar-refractivity contribution in [3.05, 3.63) is 129 Å². The molecule has 0 aromatic heterocycles.